The molecule has 0 aliphatic heterocycles. The Bertz CT molecular complexity index is 575. The Kier molecular flexibility index (Phi) is 4.13. The predicted octanol–water partition coefficient (Wildman–Crippen LogP) is 3.17. The van der Waals surface area contributed by atoms with E-state index in [1.807, 2.05) is 19.1 Å². The van der Waals surface area contributed by atoms with Gasteiger partial charge in [-0.2, -0.15) is 18.3 Å². The van der Waals surface area contributed by atoms with Crippen LogP contribution in [-0.2, 0) is 12.6 Å². The van der Waals surface area contributed by atoms with E-state index in [0.29, 0.717) is 12.1 Å². The first-order valence-electron chi connectivity index (χ1n) is 6.38. The van der Waals surface area contributed by atoms with Crippen molar-refractivity contribution in [3.63, 3.8) is 0 Å². The van der Waals surface area contributed by atoms with E-state index in [1.54, 1.807) is 12.1 Å². The highest BCUT2D eigenvalue weighted by molar-refractivity contribution is 5.36. The SMILES string of the molecule is CCC(N)Cc1cccc(-n2ccc(C(F)(F)F)n2)c1. The second kappa shape index (κ2) is 5.66. The van der Waals surface area contributed by atoms with Crippen LogP contribution < -0.4 is 5.73 Å². The summed E-state index contributed by atoms with van der Waals surface area (Å²) in [6.45, 7) is 2.00. The molecule has 0 radical (unpaired) electrons. The van der Waals surface area contributed by atoms with Crippen molar-refractivity contribution in [2.75, 3.05) is 0 Å². The number of nitrogens with zero attached hydrogens (tertiary/aromatic N) is 2. The van der Waals surface area contributed by atoms with Crippen molar-refractivity contribution in [3.8, 4) is 5.69 Å². The van der Waals surface area contributed by atoms with Crippen molar-refractivity contribution in [1.29, 1.82) is 0 Å². The van der Waals surface area contributed by atoms with Gasteiger partial charge in [0.25, 0.3) is 0 Å². The van der Waals surface area contributed by atoms with Gasteiger partial charge in [-0.3, -0.25) is 0 Å². The number of rotatable bonds is 4. The van der Waals surface area contributed by atoms with E-state index >= 15 is 0 Å². The van der Waals surface area contributed by atoms with Crippen LogP contribution in [0, 0.1) is 0 Å². The molecular weight excluding hydrogens is 267 g/mol. The van der Waals surface area contributed by atoms with Crippen LogP contribution in [0.1, 0.15) is 24.6 Å². The fourth-order valence-corrected chi connectivity index (χ4v) is 1.89. The molecular formula is C14H16F3N3. The van der Waals surface area contributed by atoms with E-state index in [9.17, 15) is 13.2 Å². The second-order valence-corrected chi connectivity index (χ2v) is 4.69. The molecule has 0 amide bonds. The molecule has 1 heterocycles. The summed E-state index contributed by atoms with van der Waals surface area (Å²) in [6, 6.07) is 8.24. The third-order valence-electron chi connectivity index (χ3n) is 3.08. The number of halogens is 3. The van der Waals surface area contributed by atoms with Gasteiger partial charge in [0.05, 0.1) is 5.69 Å². The lowest BCUT2D eigenvalue weighted by Gasteiger charge is -2.10. The molecule has 1 aromatic heterocycles. The number of alkyl halides is 3. The van der Waals surface area contributed by atoms with Gasteiger partial charge in [0.1, 0.15) is 0 Å². The minimum atomic E-state index is -4.42. The second-order valence-electron chi connectivity index (χ2n) is 4.69. The average molecular weight is 283 g/mol. The average Bonchev–Trinajstić information content (AvgIpc) is 2.88. The first-order chi connectivity index (χ1) is 9.40. The van der Waals surface area contributed by atoms with Crippen LogP contribution in [-0.4, -0.2) is 15.8 Å². The zero-order chi connectivity index (χ0) is 14.8. The van der Waals surface area contributed by atoms with Gasteiger partial charge >= 0.3 is 6.18 Å². The Hall–Kier alpha value is -1.82. The molecule has 2 rings (SSSR count). The molecule has 0 saturated carbocycles. The largest absolute Gasteiger partial charge is 0.435 e. The Balaban J connectivity index is 2.25. The molecule has 1 unspecified atom stereocenters. The predicted molar refractivity (Wildman–Crippen MR) is 70.5 cm³/mol. The Labute approximate surface area is 115 Å². The van der Waals surface area contributed by atoms with Crippen molar-refractivity contribution in [2.45, 2.75) is 32.0 Å². The maximum Gasteiger partial charge on any atom is 0.435 e. The van der Waals surface area contributed by atoms with Crippen LogP contribution in [0.3, 0.4) is 0 Å². The van der Waals surface area contributed by atoms with Crippen LogP contribution >= 0.6 is 0 Å². The van der Waals surface area contributed by atoms with Gasteiger partial charge < -0.3 is 5.73 Å². The lowest BCUT2D eigenvalue weighted by atomic mass is 10.0. The summed E-state index contributed by atoms with van der Waals surface area (Å²) in [5.74, 6) is 0. The zero-order valence-electron chi connectivity index (χ0n) is 11.1. The zero-order valence-corrected chi connectivity index (χ0v) is 11.1. The van der Waals surface area contributed by atoms with E-state index in [0.717, 1.165) is 18.1 Å². The van der Waals surface area contributed by atoms with Gasteiger partial charge in [-0.25, -0.2) is 4.68 Å². The highest BCUT2D eigenvalue weighted by Gasteiger charge is 2.33. The van der Waals surface area contributed by atoms with E-state index in [4.69, 9.17) is 5.73 Å². The Morgan fingerprint density at radius 3 is 2.65 bits per heavy atom. The molecule has 0 fully saturated rings. The molecule has 2 aromatic rings. The number of hydrogen-bond acceptors (Lipinski definition) is 2. The van der Waals surface area contributed by atoms with Crippen molar-refractivity contribution >= 4 is 0 Å². The fraction of sp³-hybridized carbons (Fsp3) is 0.357. The summed E-state index contributed by atoms with van der Waals surface area (Å²) < 4.78 is 38.8. The summed E-state index contributed by atoms with van der Waals surface area (Å²) in [6.07, 6.45) is -1.57. The summed E-state index contributed by atoms with van der Waals surface area (Å²) in [5.41, 5.74) is 6.57. The van der Waals surface area contributed by atoms with Crippen LogP contribution in [0.25, 0.3) is 5.69 Å². The van der Waals surface area contributed by atoms with Crippen molar-refractivity contribution < 1.29 is 13.2 Å². The van der Waals surface area contributed by atoms with Crippen LogP contribution in [0.15, 0.2) is 36.5 Å². The number of benzene rings is 1. The minimum Gasteiger partial charge on any atom is -0.327 e. The Morgan fingerprint density at radius 1 is 1.30 bits per heavy atom. The molecule has 6 heteroatoms. The summed E-state index contributed by atoms with van der Waals surface area (Å²) >= 11 is 0. The maximum absolute atomic E-state index is 12.5. The smallest absolute Gasteiger partial charge is 0.327 e. The van der Waals surface area contributed by atoms with Gasteiger partial charge in [0, 0.05) is 12.2 Å². The summed E-state index contributed by atoms with van der Waals surface area (Å²) in [5, 5.41) is 3.55. The van der Waals surface area contributed by atoms with Crippen molar-refractivity contribution in [2.24, 2.45) is 5.73 Å². The molecule has 0 bridgehead atoms. The number of hydrogen-bond donors (Lipinski definition) is 1. The Morgan fingerprint density at radius 2 is 2.05 bits per heavy atom. The van der Waals surface area contributed by atoms with Crippen molar-refractivity contribution in [3.05, 3.63) is 47.8 Å². The third-order valence-corrected chi connectivity index (χ3v) is 3.08. The van der Waals surface area contributed by atoms with E-state index in [2.05, 4.69) is 5.10 Å². The molecule has 20 heavy (non-hydrogen) atoms. The van der Waals surface area contributed by atoms with Gasteiger partial charge in [-0.15, -0.1) is 0 Å². The molecule has 0 saturated heterocycles. The first kappa shape index (κ1) is 14.6. The molecule has 2 N–H and O–H groups in total. The molecule has 0 aliphatic carbocycles. The third kappa shape index (κ3) is 3.39. The molecule has 0 spiro atoms. The summed E-state index contributed by atoms with van der Waals surface area (Å²) in [7, 11) is 0. The van der Waals surface area contributed by atoms with E-state index in [1.165, 1.54) is 10.9 Å². The van der Waals surface area contributed by atoms with Gasteiger partial charge in [0.15, 0.2) is 5.69 Å². The highest BCUT2D eigenvalue weighted by atomic mass is 19.4. The van der Waals surface area contributed by atoms with Gasteiger partial charge in [-0.1, -0.05) is 19.1 Å². The minimum absolute atomic E-state index is 0.0496. The standard InChI is InChI=1S/C14H16F3N3/c1-2-11(18)8-10-4-3-5-12(9-10)20-7-6-13(19-20)14(15,16)17/h3-7,9,11H,2,8,18H2,1H3. The van der Waals surface area contributed by atoms with Gasteiger partial charge in [0.2, 0.25) is 0 Å². The van der Waals surface area contributed by atoms with Gasteiger partial charge in [-0.05, 0) is 36.6 Å². The normalized spacial score (nSPS) is 13.4. The molecule has 108 valence electrons. The lowest BCUT2D eigenvalue weighted by Crippen LogP contribution is -2.21. The molecule has 1 aromatic carbocycles. The van der Waals surface area contributed by atoms with Crippen LogP contribution in [0.5, 0.6) is 0 Å². The molecule has 0 aliphatic rings. The van der Waals surface area contributed by atoms with E-state index < -0.39 is 11.9 Å². The molecule has 3 nitrogen and oxygen atoms in total. The first-order valence-corrected chi connectivity index (χ1v) is 6.38. The highest BCUT2D eigenvalue weighted by Crippen LogP contribution is 2.27. The molecule has 1 atom stereocenters. The number of nitrogens with two attached hydrogens (primary N) is 1. The maximum atomic E-state index is 12.5. The van der Waals surface area contributed by atoms with Crippen LogP contribution in [0.4, 0.5) is 13.2 Å². The van der Waals surface area contributed by atoms with E-state index in [-0.39, 0.29) is 6.04 Å². The van der Waals surface area contributed by atoms with Crippen LogP contribution in [0.2, 0.25) is 0 Å². The van der Waals surface area contributed by atoms with Crippen molar-refractivity contribution in [1.82, 2.24) is 9.78 Å². The topological polar surface area (TPSA) is 43.8 Å². The number of aromatic nitrogens is 2. The monoisotopic (exact) mass is 283 g/mol. The lowest BCUT2D eigenvalue weighted by molar-refractivity contribution is -0.141. The summed E-state index contributed by atoms with van der Waals surface area (Å²) in [4.78, 5) is 0. The fourth-order valence-electron chi connectivity index (χ4n) is 1.89. The quantitative estimate of drug-likeness (QED) is 0.936.